The maximum Gasteiger partial charge on any atom is 0.0621 e. The second-order valence-corrected chi connectivity index (χ2v) is 4.89. The normalized spacial score (nSPS) is 12.4. The fraction of sp³-hybridized carbons (Fsp3) is 0.214. The van der Waals surface area contributed by atoms with Crippen LogP contribution in [0.1, 0.15) is 17.0 Å². The summed E-state index contributed by atoms with van der Waals surface area (Å²) in [7, 11) is 0. The molecule has 0 fully saturated rings. The Labute approximate surface area is 116 Å². The lowest BCUT2D eigenvalue weighted by atomic mass is 9.93. The van der Waals surface area contributed by atoms with Gasteiger partial charge < -0.3 is 5.11 Å². The van der Waals surface area contributed by atoms with E-state index in [0.29, 0.717) is 16.5 Å². The average molecular weight is 282 g/mol. The number of benzene rings is 1. The van der Waals surface area contributed by atoms with E-state index in [-0.39, 0.29) is 12.5 Å². The highest BCUT2D eigenvalue weighted by Crippen LogP contribution is 2.28. The summed E-state index contributed by atoms with van der Waals surface area (Å²) in [4.78, 5) is 3.95. The third-order valence-electron chi connectivity index (χ3n) is 2.89. The number of aromatic nitrogens is 1. The first-order chi connectivity index (χ1) is 8.72. The number of pyridine rings is 1. The van der Waals surface area contributed by atoms with Crippen LogP contribution in [0.2, 0.25) is 10.0 Å². The molecular formula is C14H13Cl2NO. The second-order valence-electron chi connectivity index (χ2n) is 4.07. The minimum atomic E-state index is -0.0569. The molecule has 1 aromatic heterocycles. The Bertz CT molecular complexity index is 531. The molecule has 0 saturated heterocycles. The molecule has 1 N–H and O–H groups in total. The molecule has 0 spiro atoms. The molecule has 0 aliphatic carbocycles. The number of hydrogen-bond acceptors (Lipinski definition) is 2. The fourth-order valence-electron chi connectivity index (χ4n) is 1.91. The van der Waals surface area contributed by atoms with E-state index in [9.17, 15) is 5.11 Å². The van der Waals surface area contributed by atoms with Crippen molar-refractivity contribution in [1.29, 1.82) is 0 Å². The first kappa shape index (κ1) is 13.3. The molecule has 2 rings (SSSR count). The van der Waals surface area contributed by atoms with Gasteiger partial charge in [0.1, 0.15) is 0 Å². The summed E-state index contributed by atoms with van der Waals surface area (Å²) in [6.45, 7) is 0.0301. The molecular weight excluding hydrogens is 269 g/mol. The molecule has 1 aromatic carbocycles. The number of nitrogens with zero attached hydrogens (tertiary/aromatic N) is 1. The summed E-state index contributed by atoms with van der Waals surface area (Å²) in [5, 5.41) is 10.8. The van der Waals surface area contributed by atoms with Crippen LogP contribution in [0.15, 0.2) is 42.7 Å². The zero-order chi connectivity index (χ0) is 13.0. The van der Waals surface area contributed by atoms with Crippen molar-refractivity contribution in [3.8, 4) is 0 Å². The van der Waals surface area contributed by atoms with Crippen molar-refractivity contribution in [2.75, 3.05) is 6.61 Å². The Morgan fingerprint density at radius 2 is 1.89 bits per heavy atom. The lowest BCUT2D eigenvalue weighted by Crippen LogP contribution is -2.08. The molecule has 18 heavy (non-hydrogen) atoms. The maximum atomic E-state index is 9.54. The van der Waals surface area contributed by atoms with Crippen LogP contribution >= 0.6 is 23.2 Å². The van der Waals surface area contributed by atoms with Crippen molar-refractivity contribution in [1.82, 2.24) is 4.98 Å². The van der Waals surface area contributed by atoms with Gasteiger partial charge in [0.2, 0.25) is 0 Å². The summed E-state index contributed by atoms with van der Waals surface area (Å²) in [5.74, 6) is -0.0569. The van der Waals surface area contributed by atoms with Gasteiger partial charge in [-0.2, -0.15) is 0 Å². The predicted octanol–water partition coefficient (Wildman–Crippen LogP) is 3.71. The average Bonchev–Trinajstić information content (AvgIpc) is 2.39. The fourth-order valence-corrected chi connectivity index (χ4v) is 2.40. The number of hydrogen-bond donors (Lipinski definition) is 1. The maximum absolute atomic E-state index is 9.54. The van der Waals surface area contributed by atoms with E-state index in [2.05, 4.69) is 4.98 Å². The van der Waals surface area contributed by atoms with E-state index in [1.807, 2.05) is 30.3 Å². The highest BCUT2D eigenvalue weighted by atomic mass is 35.5. The molecule has 0 aliphatic heterocycles. The Morgan fingerprint density at radius 3 is 2.56 bits per heavy atom. The molecule has 1 atom stereocenters. The number of rotatable bonds is 4. The van der Waals surface area contributed by atoms with Gasteiger partial charge in [0.15, 0.2) is 0 Å². The van der Waals surface area contributed by atoms with E-state index >= 15 is 0 Å². The van der Waals surface area contributed by atoms with E-state index < -0.39 is 0 Å². The summed E-state index contributed by atoms with van der Waals surface area (Å²) in [6.07, 6.45) is 3.95. The predicted molar refractivity (Wildman–Crippen MR) is 74.2 cm³/mol. The highest BCUT2D eigenvalue weighted by Gasteiger charge is 2.15. The SMILES string of the molecule is OCC(Cc1ccncc1Cl)c1ccccc1Cl. The van der Waals surface area contributed by atoms with E-state index in [0.717, 1.165) is 11.1 Å². The Morgan fingerprint density at radius 1 is 1.11 bits per heavy atom. The van der Waals surface area contributed by atoms with Crippen molar-refractivity contribution < 1.29 is 5.11 Å². The van der Waals surface area contributed by atoms with Gasteiger partial charge >= 0.3 is 0 Å². The summed E-state index contributed by atoms with van der Waals surface area (Å²) < 4.78 is 0. The number of aliphatic hydroxyl groups excluding tert-OH is 1. The summed E-state index contributed by atoms with van der Waals surface area (Å²) in [6, 6.07) is 9.41. The quantitative estimate of drug-likeness (QED) is 0.927. The van der Waals surface area contributed by atoms with Crippen molar-refractivity contribution >= 4 is 23.2 Å². The Balaban J connectivity index is 2.26. The van der Waals surface area contributed by atoms with Gasteiger partial charge in [-0.3, -0.25) is 4.98 Å². The van der Waals surface area contributed by atoms with Gasteiger partial charge in [0.05, 0.1) is 11.6 Å². The molecule has 94 valence electrons. The van der Waals surface area contributed by atoms with Gasteiger partial charge in [0, 0.05) is 23.3 Å². The van der Waals surface area contributed by atoms with Crippen molar-refractivity contribution in [2.24, 2.45) is 0 Å². The van der Waals surface area contributed by atoms with Gasteiger partial charge in [-0.15, -0.1) is 0 Å². The monoisotopic (exact) mass is 281 g/mol. The van der Waals surface area contributed by atoms with Gasteiger partial charge in [-0.25, -0.2) is 0 Å². The van der Waals surface area contributed by atoms with Crippen LogP contribution in [0.5, 0.6) is 0 Å². The van der Waals surface area contributed by atoms with E-state index in [4.69, 9.17) is 23.2 Å². The van der Waals surface area contributed by atoms with Crippen molar-refractivity contribution in [2.45, 2.75) is 12.3 Å². The molecule has 0 radical (unpaired) electrons. The molecule has 0 aliphatic rings. The van der Waals surface area contributed by atoms with E-state index in [1.165, 1.54) is 0 Å². The molecule has 4 heteroatoms. The molecule has 0 bridgehead atoms. The third-order valence-corrected chi connectivity index (χ3v) is 3.57. The van der Waals surface area contributed by atoms with Gasteiger partial charge in [-0.05, 0) is 29.7 Å². The first-order valence-electron chi connectivity index (χ1n) is 5.66. The standard InChI is InChI=1S/C14H13Cl2NO/c15-13-4-2-1-3-12(13)11(9-18)7-10-5-6-17-8-14(10)16/h1-6,8,11,18H,7,9H2. The van der Waals surface area contributed by atoms with Crippen LogP contribution in [0.3, 0.4) is 0 Å². The largest absolute Gasteiger partial charge is 0.396 e. The van der Waals surface area contributed by atoms with Crippen molar-refractivity contribution in [3.63, 3.8) is 0 Å². The van der Waals surface area contributed by atoms with Crippen LogP contribution < -0.4 is 0 Å². The lowest BCUT2D eigenvalue weighted by Gasteiger charge is -2.16. The van der Waals surface area contributed by atoms with Gasteiger partial charge in [0.25, 0.3) is 0 Å². The first-order valence-corrected chi connectivity index (χ1v) is 6.41. The minimum Gasteiger partial charge on any atom is -0.396 e. The molecule has 2 aromatic rings. The molecule has 0 amide bonds. The Hall–Kier alpha value is -1.09. The van der Waals surface area contributed by atoms with Crippen molar-refractivity contribution in [3.05, 3.63) is 63.9 Å². The lowest BCUT2D eigenvalue weighted by molar-refractivity contribution is 0.264. The van der Waals surface area contributed by atoms with E-state index in [1.54, 1.807) is 12.4 Å². The summed E-state index contributed by atoms with van der Waals surface area (Å²) >= 11 is 12.2. The zero-order valence-electron chi connectivity index (χ0n) is 9.68. The molecule has 0 saturated carbocycles. The van der Waals surface area contributed by atoms with Crippen LogP contribution in [-0.2, 0) is 6.42 Å². The smallest absolute Gasteiger partial charge is 0.0621 e. The molecule has 1 heterocycles. The minimum absolute atomic E-state index is 0.0301. The number of halogens is 2. The highest BCUT2D eigenvalue weighted by molar-refractivity contribution is 6.31. The van der Waals surface area contributed by atoms with Gasteiger partial charge in [-0.1, -0.05) is 41.4 Å². The van der Waals surface area contributed by atoms with Crippen LogP contribution in [0.4, 0.5) is 0 Å². The summed E-state index contributed by atoms with van der Waals surface area (Å²) in [5.41, 5.74) is 1.90. The Kier molecular flexibility index (Phi) is 4.59. The third kappa shape index (κ3) is 3.02. The number of aliphatic hydroxyl groups is 1. The van der Waals surface area contributed by atoms with Crippen LogP contribution in [0, 0.1) is 0 Å². The van der Waals surface area contributed by atoms with Crippen LogP contribution in [-0.4, -0.2) is 16.7 Å². The second kappa shape index (κ2) is 6.19. The molecule has 2 nitrogen and oxygen atoms in total. The topological polar surface area (TPSA) is 33.1 Å². The zero-order valence-corrected chi connectivity index (χ0v) is 11.2. The molecule has 1 unspecified atom stereocenters. The van der Waals surface area contributed by atoms with Crippen LogP contribution in [0.25, 0.3) is 0 Å².